The maximum absolute atomic E-state index is 10.7. The van der Waals surface area contributed by atoms with Gasteiger partial charge in [-0.1, -0.05) is 0 Å². The molecular formula is C10H11N5O2S. The normalized spacial score (nSPS) is 10.2. The molecular weight excluding hydrogens is 254 g/mol. The van der Waals surface area contributed by atoms with E-state index in [0.29, 0.717) is 22.3 Å². The lowest BCUT2D eigenvalue weighted by Gasteiger charge is -1.91. The highest BCUT2D eigenvalue weighted by atomic mass is 32.1. The van der Waals surface area contributed by atoms with E-state index in [0.717, 1.165) is 0 Å². The van der Waals surface area contributed by atoms with Crippen molar-refractivity contribution in [1.82, 2.24) is 4.98 Å². The van der Waals surface area contributed by atoms with Crippen LogP contribution in [-0.2, 0) is 11.2 Å². The summed E-state index contributed by atoms with van der Waals surface area (Å²) in [6.45, 7) is 0. The molecule has 0 saturated heterocycles. The van der Waals surface area contributed by atoms with Gasteiger partial charge >= 0.3 is 0 Å². The van der Waals surface area contributed by atoms with Crippen molar-refractivity contribution >= 4 is 28.3 Å². The first-order valence-electron chi connectivity index (χ1n) is 4.97. The summed E-state index contributed by atoms with van der Waals surface area (Å²) >= 11 is 1.29. The zero-order valence-corrected chi connectivity index (χ0v) is 10.1. The van der Waals surface area contributed by atoms with Gasteiger partial charge in [-0.15, -0.1) is 11.3 Å². The fourth-order valence-electron chi connectivity index (χ4n) is 1.32. The van der Waals surface area contributed by atoms with Crippen molar-refractivity contribution in [2.75, 3.05) is 0 Å². The Morgan fingerprint density at radius 3 is 2.83 bits per heavy atom. The van der Waals surface area contributed by atoms with Crippen molar-refractivity contribution in [3.8, 4) is 11.5 Å². The van der Waals surface area contributed by atoms with E-state index >= 15 is 0 Å². The minimum absolute atomic E-state index is 0.0511. The average Bonchev–Trinajstić information content (AvgIpc) is 2.85. The van der Waals surface area contributed by atoms with Crippen LogP contribution in [0.2, 0.25) is 0 Å². The maximum atomic E-state index is 10.7. The molecule has 0 aliphatic rings. The zero-order valence-electron chi connectivity index (χ0n) is 9.29. The van der Waals surface area contributed by atoms with Gasteiger partial charge in [-0.25, -0.2) is 4.98 Å². The molecule has 0 spiro atoms. The van der Waals surface area contributed by atoms with Crippen molar-refractivity contribution in [3.05, 3.63) is 23.3 Å². The van der Waals surface area contributed by atoms with Crippen molar-refractivity contribution in [1.29, 1.82) is 0 Å². The molecule has 2 aromatic heterocycles. The number of nitrogens with zero attached hydrogens (tertiary/aromatic N) is 2. The zero-order chi connectivity index (χ0) is 13.1. The number of hydrogen-bond acceptors (Lipinski definition) is 5. The smallest absolute Gasteiger partial charge is 0.225 e. The number of furan rings is 1. The predicted octanol–water partition coefficient (Wildman–Crippen LogP) is 0.336. The Balaban J connectivity index is 2.21. The van der Waals surface area contributed by atoms with E-state index in [-0.39, 0.29) is 12.4 Å². The number of carbonyl (C=O) groups is 1. The summed E-state index contributed by atoms with van der Waals surface area (Å²) < 4.78 is 5.43. The Morgan fingerprint density at radius 1 is 1.39 bits per heavy atom. The molecule has 0 radical (unpaired) electrons. The largest absolute Gasteiger partial charge is 0.459 e. The lowest BCUT2D eigenvalue weighted by atomic mass is 10.3. The van der Waals surface area contributed by atoms with Crippen LogP contribution in [-0.4, -0.2) is 16.9 Å². The van der Waals surface area contributed by atoms with Crippen LogP contribution in [0.25, 0.3) is 11.5 Å². The molecule has 2 aromatic rings. The quantitative estimate of drug-likeness (QED) is 0.541. The molecule has 6 N–H and O–H groups in total. The molecule has 8 heteroatoms. The third kappa shape index (κ3) is 2.86. The Hall–Kier alpha value is -2.35. The number of rotatable bonds is 4. The van der Waals surface area contributed by atoms with Gasteiger partial charge < -0.3 is 21.6 Å². The van der Waals surface area contributed by atoms with Gasteiger partial charge in [-0.05, 0) is 12.1 Å². The Kier molecular flexibility index (Phi) is 3.28. The lowest BCUT2D eigenvalue weighted by Crippen LogP contribution is -2.21. The summed E-state index contributed by atoms with van der Waals surface area (Å²) in [6, 6.07) is 3.40. The van der Waals surface area contributed by atoms with Gasteiger partial charge in [0.05, 0.1) is 6.42 Å². The Morgan fingerprint density at radius 2 is 2.17 bits per heavy atom. The summed E-state index contributed by atoms with van der Waals surface area (Å²) in [5, 5.41) is 2.20. The number of hydrogen-bond donors (Lipinski definition) is 3. The highest BCUT2D eigenvalue weighted by Gasteiger charge is 2.10. The number of primary amides is 1. The second-order valence-electron chi connectivity index (χ2n) is 3.46. The fourth-order valence-corrected chi connectivity index (χ4v) is 2.02. The van der Waals surface area contributed by atoms with Gasteiger partial charge in [0.25, 0.3) is 0 Å². The number of nitrogens with two attached hydrogens (primary N) is 3. The van der Waals surface area contributed by atoms with Crippen LogP contribution < -0.4 is 17.2 Å². The van der Waals surface area contributed by atoms with E-state index in [1.54, 1.807) is 17.5 Å². The van der Waals surface area contributed by atoms with Crippen molar-refractivity contribution in [2.45, 2.75) is 6.42 Å². The summed E-state index contributed by atoms with van der Waals surface area (Å²) in [5.41, 5.74) is 16.2. The van der Waals surface area contributed by atoms with Crippen LogP contribution in [0.4, 0.5) is 5.13 Å². The standard InChI is InChI=1S/C10H11N5O2S/c11-8(16)3-5-1-2-7(17-5)6-4-18-10(14-6)15-9(12)13/h1-2,4H,3H2,(H2,11,16)(H4,12,13,14,15). The molecule has 0 aromatic carbocycles. The molecule has 0 aliphatic carbocycles. The first kappa shape index (κ1) is 12.1. The summed E-state index contributed by atoms with van der Waals surface area (Å²) in [5.74, 6) is 0.536. The van der Waals surface area contributed by atoms with Gasteiger partial charge in [-0.2, -0.15) is 4.99 Å². The molecule has 0 fully saturated rings. The van der Waals surface area contributed by atoms with Gasteiger partial charge in [0.1, 0.15) is 11.5 Å². The molecule has 94 valence electrons. The highest BCUT2D eigenvalue weighted by Crippen LogP contribution is 2.27. The highest BCUT2D eigenvalue weighted by molar-refractivity contribution is 7.13. The number of guanidine groups is 1. The second kappa shape index (κ2) is 4.88. The molecule has 0 aliphatic heterocycles. The predicted molar refractivity (Wildman–Crippen MR) is 68.2 cm³/mol. The van der Waals surface area contributed by atoms with Gasteiger partial charge in [0.15, 0.2) is 11.7 Å². The summed E-state index contributed by atoms with van der Waals surface area (Å²) in [4.78, 5) is 18.7. The molecule has 2 heterocycles. The lowest BCUT2D eigenvalue weighted by molar-refractivity contribution is -0.117. The van der Waals surface area contributed by atoms with E-state index in [2.05, 4.69) is 9.98 Å². The van der Waals surface area contributed by atoms with Crippen LogP contribution >= 0.6 is 11.3 Å². The van der Waals surface area contributed by atoms with Crippen LogP contribution in [0.5, 0.6) is 0 Å². The molecule has 2 rings (SSSR count). The summed E-state index contributed by atoms with van der Waals surface area (Å²) in [6.07, 6.45) is 0.0604. The van der Waals surface area contributed by atoms with Crippen molar-refractivity contribution in [2.24, 2.45) is 22.2 Å². The van der Waals surface area contributed by atoms with E-state index in [1.165, 1.54) is 11.3 Å². The molecule has 0 bridgehead atoms. The monoisotopic (exact) mass is 265 g/mol. The SMILES string of the molecule is NC(=O)Cc1ccc(-c2csc(N=C(N)N)n2)o1. The number of thiazole rings is 1. The number of aliphatic imine (C=N–C) groups is 1. The van der Waals surface area contributed by atoms with Gasteiger partial charge in [0.2, 0.25) is 11.0 Å². The minimum atomic E-state index is -0.449. The van der Waals surface area contributed by atoms with E-state index < -0.39 is 5.91 Å². The van der Waals surface area contributed by atoms with E-state index in [1.807, 2.05) is 0 Å². The molecule has 7 nitrogen and oxygen atoms in total. The molecule has 18 heavy (non-hydrogen) atoms. The molecule has 0 saturated carbocycles. The van der Waals surface area contributed by atoms with E-state index in [4.69, 9.17) is 21.6 Å². The minimum Gasteiger partial charge on any atom is -0.459 e. The van der Waals surface area contributed by atoms with E-state index in [9.17, 15) is 4.79 Å². The average molecular weight is 265 g/mol. The fraction of sp³-hybridized carbons (Fsp3) is 0.100. The van der Waals surface area contributed by atoms with Crippen LogP contribution in [0.1, 0.15) is 5.76 Å². The molecule has 0 atom stereocenters. The third-order valence-corrected chi connectivity index (χ3v) is 2.71. The van der Waals surface area contributed by atoms with Crippen LogP contribution in [0.3, 0.4) is 0 Å². The van der Waals surface area contributed by atoms with Gasteiger partial charge in [0, 0.05) is 5.38 Å². The Labute approximate surface area is 106 Å². The molecule has 1 amide bonds. The van der Waals surface area contributed by atoms with Crippen LogP contribution in [0.15, 0.2) is 26.9 Å². The number of carbonyl (C=O) groups excluding carboxylic acids is 1. The van der Waals surface area contributed by atoms with Crippen molar-refractivity contribution < 1.29 is 9.21 Å². The maximum Gasteiger partial charge on any atom is 0.225 e. The molecule has 0 unspecified atom stereocenters. The second-order valence-corrected chi connectivity index (χ2v) is 4.30. The summed E-state index contributed by atoms with van der Waals surface area (Å²) in [7, 11) is 0. The van der Waals surface area contributed by atoms with Crippen molar-refractivity contribution in [3.63, 3.8) is 0 Å². The van der Waals surface area contributed by atoms with Crippen LogP contribution in [0, 0.1) is 0 Å². The first-order valence-corrected chi connectivity index (χ1v) is 5.85. The number of amides is 1. The Bertz CT molecular complexity index is 597. The van der Waals surface area contributed by atoms with Gasteiger partial charge in [-0.3, -0.25) is 4.79 Å². The third-order valence-electron chi connectivity index (χ3n) is 1.98. The first-order chi connectivity index (χ1) is 8.54. The number of aromatic nitrogens is 1. The topological polar surface area (TPSA) is 134 Å².